The van der Waals surface area contributed by atoms with Crippen LogP contribution < -0.4 is 6.15 Å². The van der Waals surface area contributed by atoms with Crippen molar-refractivity contribution in [3.63, 3.8) is 0 Å². The van der Waals surface area contributed by atoms with Crippen LogP contribution in [-0.2, 0) is 54.0 Å². The fraction of sp³-hybridized carbons (Fsp3) is 0.944. The Morgan fingerprint density at radius 2 is 0.477 bits per heavy atom. The molecule has 44 heavy (non-hydrogen) atoms. The number of carbonyl (C=O) groups is 2. The van der Waals surface area contributed by atoms with Gasteiger partial charge in [0.2, 0.25) is 0 Å². The summed E-state index contributed by atoms with van der Waals surface area (Å²) >= 11 is 0. The maximum atomic E-state index is 10.3. The summed E-state index contributed by atoms with van der Waals surface area (Å²) < 4.78 is 0. The van der Waals surface area contributed by atoms with E-state index in [1.54, 1.807) is 0 Å². The third-order valence-electron chi connectivity index (χ3n) is 7.99. The Morgan fingerprint density at radius 1 is 0.341 bits per heavy atom. The molecule has 256 valence electrons. The number of aliphatic carboxylic acids is 2. The Balaban J connectivity index is -0.000000150. The fourth-order valence-electron chi connectivity index (χ4n) is 5.30. The molecule has 0 atom stereocenters. The molecule has 5 N–H and O–H groups in total. The minimum absolute atomic E-state index is 0. The summed E-state index contributed by atoms with van der Waals surface area (Å²) in [5.74, 6) is -1.31. The molecule has 0 aliphatic carbocycles. The third-order valence-corrected chi connectivity index (χ3v) is 7.99. The van der Waals surface area contributed by atoms with E-state index < -0.39 is 11.9 Å². The summed E-state index contributed by atoms with van der Waals surface area (Å²) in [6, 6.07) is 0. The Morgan fingerprint density at radius 3 is 0.614 bits per heavy atom. The molecule has 6 nitrogen and oxygen atoms in total. The monoisotopic (exact) mass is 729 g/mol. The van der Waals surface area contributed by atoms with Crippen molar-refractivity contribution in [2.75, 3.05) is 0 Å². The van der Waals surface area contributed by atoms with E-state index in [4.69, 9.17) is 10.2 Å². The predicted octanol–water partition coefficient (Wildman–Crippen LogP) is 12.7. The Kier molecular flexibility index (Phi) is 67.5. The largest absolute Gasteiger partial charge is 2.00 e. The average molecular weight is 733 g/mol. The van der Waals surface area contributed by atoms with E-state index in [2.05, 4.69) is 13.8 Å². The van der Waals surface area contributed by atoms with Crippen LogP contribution in [0.2, 0.25) is 0 Å². The molecule has 0 spiro atoms. The fourth-order valence-corrected chi connectivity index (χ4v) is 5.30. The van der Waals surface area contributed by atoms with Crippen LogP contribution in [0.1, 0.15) is 219 Å². The molecule has 0 aromatic rings. The van der Waals surface area contributed by atoms with E-state index >= 15 is 0 Å². The molecule has 8 heteroatoms. The minimum atomic E-state index is -0.653. The van der Waals surface area contributed by atoms with Gasteiger partial charge in [0.1, 0.15) is 0 Å². The van der Waals surface area contributed by atoms with Crippen molar-refractivity contribution in [2.45, 2.75) is 219 Å². The third kappa shape index (κ3) is 61.2. The first kappa shape index (κ1) is 56.4. The molecule has 0 fully saturated rings. The second-order valence-electron chi connectivity index (χ2n) is 12.2. The zero-order chi connectivity index (χ0) is 29.8. The van der Waals surface area contributed by atoms with Crippen molar-refractivity contribution >= 4 is 11.9 Å². The Labute approximate surface area is 300 Å². The number of unbranched alkanes of at least 4 members (excludes halogenated alkanes) is 28. The molecule has 0 bridgehead atoms. The summed E-state index contributed by atoms with van der Waals surface area (Å²) in [7, 11) is 0. The summed E-state index contributed by atoms with van der Waals surface area (Å²) in [4.78, 5) is 20.7. The number of carboxylic acid groups (broad SMARTS) is 2. The van der Waals surface area contributed by atoms with Crippen LogP contribution in [0.5, 0.6) is 0 Å². The maximum absolute atomic E-state index is 10.3. The second-order valence-corrected chi connectivity index (χ2v) is 12.2. The van der Waals surface area contributed by atoms with Gasteiger partial charge in [-0.3, -0.25) is 9.59 Å². The Hall–Kier alpha value is 0.107. The van der Waals surface area contributed by atoms with Gasteiger partial charge in [-0.05, 0) is 12.8 Å². The van der Waals surface area contributed by atoms with Crippen LogP contribution in [0, 0.1) is 0 Å². The first-order chi connectivity index (χ1) is 19.5. The zero-order valence-electron chi connectivity index (χ0n) is 29.9. The number of hydrogen-bond acceptors (Lipinski definition) is 3. The number of hydrogen-bond donors (Lipinski definition) is 3. The van der Waals surface area contributed by atoms with Crippen LogP contribution >= 0.6 is 0 Å². The first-order valence-corrected chi connectivity index (χ1v) is 18.0. The molecule has 0 saturated heterocycles. The molecule has 0 heterocycles. The maximum Gasteiger partial charge on any atom is 2.00 e. The Bertz CT molecular complexity index is 469. The number of rotatable bonds is 32. The van der Waals surface area contributed by atoms with Gasteiger partial charge < -0.3 is 21.8 Å². The van der Waals surface area contributed by atoms with Gasteiger partial charge >= 0.3 is 50.9 Å². The predicted molar refractivity (Wildman–Crippen MR) is 180 cm³/mol. The summed E-state index contributed by atoms with van der Waals surface area (Å²) in [5, 5.41) is 17.0. The van der Waals surface area contributed by atoms with Crippen molar-refractivity contribution < 1.29 is 64.2 Å². The van der Waals surface area contributed by atoms with Gasteiger partial charge in [-0.1, -0.05) is 194 Å². The van der Waals surface area contributed by atoms with Gasteiger partial charge in [0.25, 0.3) is 0 Å². The molecule has 0 aromatic heterocycles. The zero-order valence-corrected chi connectivity index (χ0v) is 35.8. The SMILES string of the molecule is CCCCCCCCCCCCCCCCCC(=O)O.CCCCCCCCCCCCCCCCCC(=O)O.N.[O-2].[Zn+2].[Zn+2]. The summed E-state index contributed by atoms with van der Waals surface area (Å²) in [6.07, 6.45) is 40.4. The van der Waals surface area contributed by atoms with Gasteiger partial charge in [-0.15, -0.1) is 0 Å². The van der Waals surface area contributed by atoms with Crippen molar-refractivity contribution in [3.8, 4) is 0 Å². The molecule has 0 aliphatic rings. The van der Waals surface area contributed by atoms with Crippen molar-refractivity contribution in [2.24, 2.45) is 0 Å². The van der Waals surface area contributed by atoms with E-state index in [0.29, 0.717) is 12.8 Å². The van der Waals surface area contributed by atoms with Gasteiger partial charge in [-0.25, -0.2) is 0 Å². The molecular weight excluding hydrogens is 657 g/mol. The van der Waals surface area contributed by atoms with Crippen molar-refractivity contribution in [1.29, 1.82) is 0 Å². The summed E-state index contributed by atoms with van der Waals surface area (Å²) in [6.45, 7) is 4.54. The van der Waals surface area contributed by atoms with Gasteiger partial charge in [-0.2, -0.15) is 0 Å². The van der Waals surface area contributed by atoms with Gasteiger partial charge in [0.15, 0.2) is 0 Å². The smallest absolute Gasteiger partial charge is 2.00 e. The second kappa shape index (κ2) is 52.6. The van der Waals surface area contributed by atoms with Gasteiger partial charge in [0, 0.05) is 12.8 Å². The average Bonchev–Trinajstić information content (AvgIpc) is 2.93. The van der Waals surface area contributed by atoms with Crippen LogP contribution in [0.4, 0.5) is 0 Å². The molecule has 0 aromatic carbocycles. The van der Waals surface area contributed by atoms with Crippen LogP contribution in [-0.4, -0.2) is 22.2 Å². The van der Waals surface area contributed by atoms with Crippen LogP contribution in [0.3, 0.4) is 0 Å². The minimum Gasteiger partial charge on any atom is -2.00 e. The van der Waals surface area contributed by atoms with Gasteiger partial charge in [0.05, 0.1) is 0 Å². The van der Waals surface area contributed by atoms with Crippen molar-refractivity contribution in [3.05, 3.63) is 0 Å². The molecule has 0 rings (SSSR count). The molecule has 0 saturated carbocycles. The number of carboxylic acids is 2. The molecule has 0 unspecified atom stereocenters. The normalized spacial score (nSPS) is 9.86. The molecule has 0 aliphatic heterocycles. The van der Waals surface area contributed by atoms with Crippen molar-refractivity contribution in [1.82, 2.24) is 6.15 Å². The molecular formula is C36H75NO5Zn2+2. The first-order valence-electron chi connectivity index (χ1n) is 18.0. The quantitative estimate of drug-likeness (QED) is 0.0467. The van der Waals surface area contributed by atoms with E-state index in [9.17, 15) is 9.59 Å². The van der Waals surface area contributed by atoms with Crippen LogP contribution in [0.25, 0.3) is 0 Å². The summed E-state index contributed by atoms with van der Waals surface area (Å²) in [5.41, 5.74) is 0. The van der Waals surface area contributed by atoms with E-state index in [0.717, 1.165) is 25.7 Å². The molecule has 0 radical (unpaired) electrons. The topological polar surface area (TPSA) is 138 Å². The van der Waals surface area contributed by atoms with E-state index in [1.807, 2.05) is 0 Å². The van der Waals surface area contributed by atoms with E-state index in [-0.39, 0.29) is 50.6 Å². The standard InChI is InChI=1S/2C18H36O2.H3N.O.2Zn/c2*1-2-3-4-5-6-7-8-9-10-11-12-13-14-15-16-17-18(19)20;;;;/h2*2-17H2,1H3,(H,19,20);1H3;;;/q;;;-2;2*+2. The van der Waals surface area contributed by atoms with E-state index in [1.165, 1.54) is 167 Å². The molecule has 0 amide bonds. The van der Waals surface area contributed by atoms with Crippen LogP contribution in [0.15, 0.2) is 0 Å².